The van der Waals surface area contributed by atoms with Crippen molar-refractivity contribution in [3.05, 3.63) is 41.4 Å². The predicted octanol–water partition coefficient (Wildman–Crippen LogP) is 2.18. The molecule has 0 bridgehead atoms. The van der Waals surface area contributed by atoms with Crippen LogP contribution in [0.1, 0.15) is 23.2 Å². The third-order valence-electron chi connectivity index (χ3n) is 3.46. The van der Waals surface area contributed by atoms with E-state index in [1.54, 1.807) is 22.4 Å². The summed E-state index contributed by atoms with van der Waals surface area (Å²) in [6.45, 7) is 1.54. The fraction of sp³-hybridized carbons (Fsp3) is 0.286. The molecule has 0 radical (unpaired) electrons. The quantitative estimate of drug-likeness (QED) is 0.927. The highest BCUT2D eigenvalue weighted by atomic mass is 32.2. The summed E-state index contributed by atoms with van der Waals surface area (Å²) < 4.78 is 26.8. The first kappa shape index (κ1) is 15.0. The van der Waals surface area contributed by atoms with Crippen molar-refractivity contribution < 1.29 is 13.2 Å². The van der Waals surface area contributed by atoms with Crippen molar-refractivity contribution in [2.24, 2.45) is 0 Å². The van der Waals surface area contributed by atoms with Crippen LogP contribution < -0.4 is 4.72 Å². The van der Waals surface area contributed by atoms with Gasteiger partial charge in [-0.15, -0.1) is 11.3 Å². The average molecular weight is 337 g/mol. The lowest BCUT2D eigenvalue weighted by Crippen LogP contribution is -2.27. The molecule has 1 N–H and O–H groups in total. The molecule has 2 heterocycles. The van der Waals surface area contributed by atoms with Gasteiger partial charge in [-0.1, -0.05) is 0 Å². The number of hydrogen-bond acceptors (Lipinski definition) is 5. The van der Waals surface area contributed by atoms with E-state index in [1.165, 1.54) is 29.7 Å². The summed E-state index contributed by atoms with van der Waals surface area (Å²) in [5.74, 6) is -0.0469. The largest absolute Gasteiger partial charge is 0.339 e. The van der Waals surface area contributed by atoms with Gasteiger partial charge in [0, 0.05) is 30.2 Å². The second-order valence-corrected chi connectivity index (χ2v) is 7.54. The van der Waals surface area contributed by atoms with Gasteiger partial charge >= 0.3 is 0 Å². The van der Waals surface area contributed by atoms with E-state index in [2.05, 4.69) is 9.71 Å². The highest BCUT2D eigenvalue weighted by Crippen LogP contribution is 2.19. The molecule has 0 unspecified atom stereocenters. The Labute approximate surface area is 132 Å². The summed E-state index contributed by atoms with van der Waals surface area (Å²) in [6, 6.07) is 5.99. The van der Waals surface area contributed by atoms with E-state index < -0.39 is 10.0 Å². The Balaban J connectivity index is 1.77. The monoisotopic (exact) mass is 337 g/mol. The zero-order valence-electron chi connectivity index (χ0n) is 11.7. The molecule has 116 valence electrons. The first-order valence-electron chi connectivity index (χ1n) is 6.88. The SMILES string of the molecule is O=C(c1ccc(S(=O)(=O)Nc2nccs2)cc1)N1CCCC1. The average Bonchev–Trinajstić information content (AvgIpc) is 3.19. The summed E-state index contributed by atoms with van der Waals surface area (Å²) in [5, 5.41) is 2.01. The summed E-state index contributed by atoms with van der Waals surface area (Å²) in [7, 11) is -3.67. The Morgan fingerprint density at radius 1 is 1.18 bits per heavy atom. The van der Waals surface area contributed by atoms with Gasteiger partial charge in [-0.3, -0.25) is 9.52 Å². The Hall–Kier alpha value is -1.93. The minimum Gasteiger partial charge on any atom is -0.339 e. The lowest BCUT2D eigenvalue weighted by atomic mass is 10.2. The smallest absolute Gasteiger partial charge is 0.263 e. The minimum absolute atomic E-state index is 0.0469. The number of carbonyl (C=O) groups excluding carboxylic acids is 1. The topological polar surface area (TPSA) is 79.4 Å². The summed E-state index contributed by atoms with van der Waals surface area (Å²) in [6.07, 6.45) is 3.58. The molecule has 6 nitrogen and oxygen atoms in total. The highest BCUT2D eigenvalue weighted by Gasteiger charge is 2.21. The first-order valence-corrected chi connectivity index (χ1v) is 9.24. The van der Waals surface area contributed by atoms with E-state index in [4.69, 9.17) is 0 Å². The van der Waals surface area contributed by atoms with Crippen molar-refractivity contribution >= 4 is 32.4 Å². The molecule has 1 aromatic heterocycles. The van der Waals surface area contributed by atoms with Crippen LogP contribution in [0.25, 0.3) is 0 Å². The molecule has 1 aliphatic heterocycles. The number of benzene rings is 1. The van der Waals surface area contributed by atoms with Gasteiger partial charge in [0.05, 0.1) is 4.90 Å². The summed E-state index contributed by atoms with van der Waals surface area (Å²) >= 11 is 1.21. The van der Waals surface area contributed by atoms with Gasteiger partial charge in [0.25, 0.3) is 15.9 Å². The predicted molar refractivity (Wildman–Crippen MR) is 84.5 cm³/mol. The number of aromatic nitrogens is 1. The Bertz CT molecular complexity index is 749. The standard InChI is InChI=1S/C14H15N3O3S2/c18-13(17-8-1-2-9-17)11-3-5-12(6-4-11)22(19,20)16-14-15-7-10-21-14/h3-7,10H,1-2,8-9H2,(H,15,16). The molecule has 1 fully saturated rings. The number of likely N-dealkylation sites (tertiary alicyclic amines) is 1. The molecule has 1 aromatic carbocycles. The number of nitrogens with zero attached hydrogens (tertiary/aromatic N) is 2. The van der Waals surface area contributed by atoms with Crippen LogP contribution in [0.5, 0.6) is 0 Å². The lowest BCUT2D eigenvalue weighted by Gasteiger charge is -2.15. The van der Waals surface area contributed by atoms with Crippen LogP contribution in [0.4, 0.5) is 5.13 Å². The number of anilines is 1. The molecular formula is C14H15N3O3S2. The number of sulfonamides is 1. The van der Waals surface area contributed by atoms with Crippen molar-refractivity contribution in [1.82, 2.24) is 9.88 Å². The van der Waals surface area contributed by atoms with Crippen molar-refractivity contribution in [2.45, 2.75) is 17.7 Å². The fourth-order valence-corrected chi connectivity index (χ4v) is 4.12. The van der Waals surface area contributed by atoms with Gasteiger partial charge in [0.1, 0.15) is 0 Å². The molecule has 0 aliphatic carbocycles. The van der Waals surface area contributed by atoms with Gasteiger partial charge < -0.3 is 4.90 Å². The van der Waals surface area contributed by atoms with Crippen LogP contribution in [0.2, 0.25) is 0 Å². The van der Waals surface area contributed by atoms with Crippen LogP contribution in [0.3, 0.4) is 0 Å². The van der Waals surface area contributed by atoms with Crippen molar-refractivity contribution in [1.29, 1.82) is 0 Å². The molecule has 0 saturated carbocycles. The molecule has 1 saturated heterocycles. The van der Waals surface area contributed by atoms with E-state index in [1.807, 2.05) is 0 Å². The Morgan fingerprint density at radius 3 is 2.45 bits per heavy atom. The van der Waals surface area contributed by atoms with Gasteiger partial charge in [-0.25, -0.2) is 13.4 Å². The van der Waals surface area contributed by atoms with Crippen LogP contribution in [0, 0.1) is 0 Å². The van der Waals surface area contributed by atoms with E-state index in [-0.39, 0.29) is 10.8 Å². The first-order chi connectivity index (χ1) is 10.6. The van der Waals surface area contributed by atoms with Crippen molar-refractivity contribution in [3.63, 3.8) is 0 Å². The van der Waals surface area contributed by atoms with Gasteiger partial charge in [0.15, 0.2) is 5.13 Å². The molecule has 22 heavy (non-hydrogen) atoms. The third-order valence-corrected chi connectivity index (χ3v) is 5.63. The Kier molecular flexibility index (Phi) is 4.12. The van der Waals surface area contributed by atoms with E-state index in [9.17, 15) is 13.2 Å². The fourth-order valence-electron chi connectivity index (χ4n) is 2.33. The van der Waals surface area contributed by atoms with Gasteiger partial charge in [-0.2, -0.15) is 0 Å². The van der Waals surface area contributed by atoms with Gasteiger partial charge in [-0.05, 0) is 37.1 Å². The maximum absolute atomic E-state index is 12.2. The maximum atomic E-state index is 12.2. The van der Waals surface area contributed by atoms with E-state index in [0.29, 0.717) is 10.7 Å². The zero-order chi connectivity index (χ0) is 15.6. The van der Waals surface area contributed by atoms with Crippen LogP contribution in [-0.4, -0.2) is 37.3 Å². The molecular weight excluding hydrogens is 322 g/mol. The lowest BCUT2D eigenvalue weighted by molar-refractivity contribution is 0.0792. The number of amides is 1. The molecule has 2 aromatic rings. The van der Waals surface area contributed by atoms with E-state index >= 15 is 0 Å². The number of nitrogens with one attached hydrogen (secondary N) is 1. The number of rotatable bonds is 4. The number of thiazole rings is 1. The molecule has 0 atom stereocenters. The van der Waals surface area contributed by atoms with Crippen LogP contribution >= 0.6 is 11.3 Å². The molecule has 1 amide bonds. The second-order valence-electron chi connectivity index (χ2n) is 4.97. The normalized spacial score (nSPS) is 15.0. The molecule has 1 aliphatic rings. The van der Waals surface area contributed by atoms with Crippen LogP contribution in [-0.2, 0) is 10.0 Å². The molecule has 3 rings (SSSR count). The molecule has 0 spiro atoms. The van der Waals surface area contributed by atoms with Crippen molar-refractivity contribution in [2.75, 3.05) is 17.8 Å². The third kappa shape index (κ3) is 3.12. The minimum atomic E-state index is -3.67. The summed E-state index contributed by atoms with van der Waals surface area (Å²) in [4.78, 5) is 18.0. The number of hydrogen-bond donors (Lipinski definition) is 1. The molecule has 8 heteroatoms. The van der Waals surface area contributed by atoms with E-state index in [0.717, 1.165) is 25.9 Å². The van der Waals surface area contributed by atoms with Crippen molar-refractivity contribution in [3.8, 4) is 0 Å². The maximum Gasteiger partial charge on any atom is 0.263 e. The van der Waals surface area contributed by atoms with Crippen LogP contribution in [0.15, 0.2) is 40.7 Å². The highest BCUT2D eigenvalue weighted by molar-refractivity contribution is 7.93. The Morgan fingerprint density at radius 2 is 1.86 bits per heavy atom. The second kappa shape index (κ2) is 6.05. The summed E-state index contributed by atoms with van der Waals surface area (Å²) in [5.41, 5.74) is 0.509. The zero-order valence-corrected chi connectivity index (χ0v) is 13.4. The van der Waals surface area contributed by atoms with Gasteiger partial charge in [0.2, 0.25) is 0 Å². The number of carbonyl (C=O) groups is 1.